The fraction of sp³-hybridized carbons (Fsp3) is 0.300. The fourth-order valence-electron chi connectivity index (χ4n) is 2.37. The minimum absolute atomic E-state index is 0.0251. The number of amides is 2. The zero-order valence-electron chi connectivity index (χ0n) is 15.1. The van der Waals surface area contributed by atoms with E-state index in [1.165, 1.54) is 0 Å². The molecule has 2 aromatic rings. The van der Waals surface area contributed by atoms with Gasteiger partial charge in [-0.25, -0.2) is 0 Å². The Morgan fingerprint density at radius 3 is 2.41 bits per heavy atom. The van der Waals surface area contributed by atoms with Crippen LogP contribution < -0.4 is 15.4 Å². The van der Waals surface area contributed by atoms with Gasteiger partial charge in [0.2, 0.25) is 5.91 Å². The maximum absolute atomic E-state index is 12.1. The van der Waals surface area contributed by atoms with E-state index in [9.17, 15) is 9.59 Å². The van der Waals surface area contributed by atoms with Gasteiger partial charge in [-0.3, -0.25) is 9.59 Å². The van der Waals surface area contributed by atoms with Gasteiger partial charge >= 0.3 is 0 Å². The third-order valence-corrected chi connectivity index (χ3v) is 4.54. The zero-order chi connectivity index (χ0) is 19.6. The van der Waals surface area contributed by atoms with Gasteiger partial charge in [0.1, 0.15) is 5.75 Å². The maximum Gasteiger partial charge on any atom is 0.262 e. The molecular formula is C20H22BrClN2O3. The molecule has 7 heteroatoms. The molecule has 2 aromatic carbocycles. The van der Waals surface area contributed by atoms with Crippen molar-refractivity contribution in [2.45, 2.75) is 32.6 Å². The third kappa shape index (κ3) is 7.61. The van der Waals surface area contributed by atoms with Crippen molar-refractivity contribution in [3.05, 3.63) is 52.0 Å². The van der Waals surface area contributed by atoms with E-state index in [0.717, 1.165) is 19.3 Å². The van der Waals surface area contributed by atoms with Crippen molar-refractivity contribution in [2.24, 2.45) is 0 Å². The number of benzene rings is 2. The number of nitrogens with one attached hydrogen (secondary N) is 2. The van der Waals surface area contributed by atoms with Crippen LogP contribution in [0.4, 0.5) is 11.4 Å². The Morgan fingerprint density at radius 2 is 1.74 bits per heavy atom. The van der Waals surface area contributed by atoms with Gasteiger partial charge in [0, 0.05) is 22.8 Å². The second-order valence-corrected chi connectivity index (χ2v) is 7.29. The summed E-state index contributed by atoms with van der Waals surface area (Å²) in [5.74, 6) is 0.203. The summed E-state index contributed by atoms with van der Waals surface area (Å²) in [6.07, 6.45) is 3.47. The van der Waals surface area contributed by atoms with E-state index in [0.29, 0.717) is 33.0 Å². The summed E-state index contributed by atoms with van der Waals surface area (Å²) in [4.78, 5) is 24.0. The quantitative estimate of drug-likeness (QED) is 0.483. The number of hydrogen-bond donors (Lipinski definition) is 2. The molecule has 0 unspecified atom stereocenters. The molecule has 27 heavy (non-hydrogen) atoms. The number of halogens is 2. The van der Waals surface area contributed by atoms with Gasteiger partial charge in [-0.15, -0.1) is 0 Å². The lowest BCUT2D eigenvalue weighted by Gasteiger charge is -2.10. The van der Waals surface area contributed by atoms with Gasteiger partial charge in [0.25, 0.3) is 5.91 Å². The molecule has 144 valence electrons. The molecule has 2 amide bonds. The van der Waals surface area contributed by atoms with E-state index in [4.69, 9.17) is 16.3 Å². The highest BCUT2D eigenvalue weighted by Gasteiger charge is 2.08. The highest BCUT2D eigenvalue weighted by atomic mass is 79.9. The first-order chi connectivity index (χ1) is 13.0. The summed E-state index contributed by atoms with van der Waals surface area (Å²) < 4.78 is 6.16. The van der Waals surface area contributed by atoms with Crippen LogP contribution in [0.2, 0.25) is 5.02 Å². The predicted molar refractivity (Wildman–Crippen MR) is 112 cm³/mol. The first-order valence-corrected chi connectivity index (χ1v) is 9.92. The number of unbranched alkanes of at least 4 members (excludes halogenated alkanes) is 2. The molecule has 0 atom stereocenters. The predicted octanol–water partition coefficient (Wildman–Crippen LogP) is 5.64. The SMILES string of the molecule is CCCCCC(=O)Nc1cccc(NC(=O)COc2ccc(Cl)cc2Br)c1. The Hall–Kier alpha value is -2.05. The summed E-state index contributed by atoms with van der Waals surface area (Å²) in [6.45, 7) is 1.95. The van der Waals surface area contributed by atoms with Crippen molar-refractivity contribution in [2.75, 3.05) is 17.2 Å². The van der Waals surface area contributed by atoms with Gasteiger partial charge in [-0.1, -0.05) is 37.4 Å². The van der Waals surface area contributed by atoms with Crippen LogP contribution in [0.3, 0.4) is 0 Å². The molecule has 2 rings (SSSR count). The molecule has 0 aliphatic rings. The molecule has 0 radical (unpaired) electrons. The highest BCUT2D eigenvalue weighted by molar-refractivity contribution is 9.10. The van der Waals surface area contributed by atoms with Gasteiger partial charge in [0.05, 0.1) is 4.47 Å². The summed E-state index contributed by atoms with van der Waals surface area (Å²) in [7, 11) is 0. The molecule has 2 N–H and O–H groups in total. The summed E-state index contributed by atoms with van der Waals surface area (Å²) in [6, 6.07) is 12.1. The lowest BCUT2D eigenvalue weighted by Crippen LogP contribution is -2.20. The summed E-state index contributed by atoms with van der Waals surface area (Å²) in [5, 5.41) is 6.17. The van der Waals surface area contributed by atoms with Crippen LogP contribution in [0.1, 0.15) is 32.6 Å². The Bertz CT molecular complexity index is 799. The molecule has 0 fully saturated rings. The average Bonchev–Trinajstić information content (AvgIpc) is 2.61. The molecule has 0 heterocycles. The number of carbonyl (C=O) groups is 2. The van der Waals surface area contributed by atoms with Gasteiger partial charge in [-0.05, 0) is 58.7 Å². The molecule has 0 spiro atoms. The second-order valence-electron chi connectivity index (χ2n) is 6.00. The standard InChI is InChI=1S/C20H22BrClN2O3/c1-2-3-4-8-19(25)23-15-6-5-7-16(12-15)24-20(26)13-27-18-10-9-14(22)11-17(18)21/h5-7,9-12H,2-4,8,13H2,1H3,(H,23,25)(H,24,26). The zero-order valence-corrected chi connectivity index (χ0v) is 17.4. The van der Waals surface area contributed by atoms with Crippen LogP contribution >= 0.6 is 27.5 Å². The van der Waals surface area contributed by atoms with Crippen LogP contribution in [0.5, 0.6) is 5.75 Å². The van der Waals surface area contributed by atoms with Gasteiger partial charge in [-0.2, -0.15) is 0 Å². The number of anilines is 2. The van der Waals surface area contributed by atoms with Crippen LogP contribution in [-0.2, 0) is 9.59 Å². The minimum atomic E-state index is -0.303. The Labute approximate surface area is 172 Å². The normalized spacial score (nSPS) is 10.3. The first kappa shape index (κ1) is 21.3. The number of rotatable bonds is 9. The third-order valence-electron chi connectivity index (χ3n) is 3.69. The summed E-state index contributed by atoms with van der Waals surface area (Å²) >= 11 is 9.22. The van der Waals surface area contributed by atoms with Crippen molar-refractivity contribution in [1.29, 1.82) is 0 Å². The Morgan fingerprint density at radius 1 is 1.04 bits per heavy atom. The number of carbonyl (C=O) groups excluding carboxylic acids is 2. The van der Waals surface area contributed by atoms with Crippen molar-refractivity contribution < 1.29 is 14.3 Å². The van der Waals surface area contributed by atoms with Crippen molar-refractivity contribution in [3.63, 3.8) is 0 Å². The average molecular weight is 454 g/mol. The second kappa shape index (κ2) is 10.9. The van der Waals surface area contributed by atoms with Crippen molar-refractivity contribution in [1.82, 2.24) is 0 Å². The molecule has 0 aliphatic heterocycles. The molecule has 0 bridgehead atoms. The highest BCUT2D eigenvalue weighted by Crippen LogP contribution is 2.28. The Balaban J connectivity index is 1.85. The first-order valence-electron chi connectivity index (χ1n) is 8.75. The lowest BCUT2D eigenvalue weighted by atomic mass is 10.2. The number of ether oxygens (including phenoxy) is 1. The van der Waals surface area contributed by atoms with E-state index in [-0.39, 0.29) is 18.4 Å². The van der Waals surface area contributed by atoms with E-state index >= 15 is 0 Å². The van der Waals surface area contributed by atoms with E-state index in [2.05, 4.69) is 33.5 Å². The van der Waals surface area contributed by atoms with E-state index in [1.54, 1.807) is 42.5 Å². The van der Waals surface area contributed by atoms with Crippen LogP contribution in [0.15, 0.2) is 46.9 Å². The van der Waals surface area contributed by atoms with Crippen molar-refractivity contribution >= 4 is 50.7 Å². The Kier molecular flexibility index (Phi) is 8.61. The van der Waals surface area contributed by atoms with Crippen LogP contribution in [0.25, 0.3) is 0 Å². The molecule has 0 saturated carbocycles. The molecule has 0 saturated heterocycles. The van der Waals surface area contributed by atoms with E-state index < -0.39 is 0 Å². The fourth-order valence-corrected chi connectivity index (χ4v) is 3.16. The molecule has 0 aliphatic carbocycles. The topological polar surface area (TPSA) is 67.4 Å². The monoisotopic (exact) mass is 452 g/mol. The molecule has 0 aromatic heterocycles. The van der Waals surface area contributed by atoms with Gasteiger partial charge in [0.15, 0.2) is 6.61 Å². The van der Waals surface area contributed by atoms with Crippen LogP contribution in [-0.4, -0.2) is 18.4 Å². The maximum atomic E-state index is 12.1. The lowest BCUT2D eigenvalue weighted by molar-refractivity contribution is -0.118. The molecular weight excluding hydrogens is 432 g/mol. The minimum Gasteiger partial charge on any atom is -0.483 e. The van der Waals surface area contributed by atoms with E-state index in [1.807, 2.05) is 0 Å². The molecule has 5 nitrogen and oxygen atoms in total. The van der Waals surface area contributed by atoms with Crippen molar-refractivity contribution in [3.8, 4) is 5.75 Å². The van der Waals surface area contributed by atoms with Crippen LogP contribution in [0, 0.1) is 0 Å². The largest absolute Gasteiger partial charge is 0.483 e. The smallest absolute Gasteiger partial charge is 0.262 e. The van der Waals surface area contributed by atoms with Gasteiger partial charge < -0.3 is 15.4 Å². The summed E-state index contributed by atoms with van der Waals surface area (Å²) in [5.41, 5.74) is 1.24. The number of hydrogen-bond acceptors (Lipinski definition) is 3.